The van der Waals surface area contributed by atoms with Gasteiger partial charge in [0.1, 0.15) is 0 Å². The van der Waals surface area contributed by atoms with Gasteiger partial charge in [-0.3, -0.25) is 4.90 Å². The molecule has 3 heterocycles. The fourth-order valence-electron chi connectivity index (χ4n) is 5.61. The lowest BCUT2D eigenvalue weighted by Gasteiger charge is -2.39. The van der Waals surface area contributed by atoms with E-state index in [-0.39, 0.29) is 0 Å². The van der Waals surface area contributed by atoms with Gasteiger partial charge in [0.05, 0.1) is 5.01 Å². The van der Waals surface area contributed by atoms with Gasteiger partial charge in [-0.15, -0.1) is 11.3 Å². The third-order valence-corrected chi connectivity index (χ3v) is 8.04. The van der Waals surface area contributed by atoms with Crippen LogP contribution >= 0.6 is 11.3 Å². The van der Waals surface area contributed by atoms with Gasteiger partial charge in [0, 0.05) is 49.8 Å². The van der Waals surface area contributed by atoms with Crippen LogP contribution in [0.4, 0.5) is 0 Å². The van der Waals surface area contributed by atoms with Crippen LogP contribution in [0, 0.1) is 12.8 Å². The molecule has 1 aromatic rings. The van der Waals surface area contributed by atoms with E-state index in [1.54, 1.807) is 0 Å². The van der Waals surface area contributed by atoms with Gasteiger partial charge in [-0.1, -0.05) is 19.3 Å². The number of piperidine rings is 2. The molecule has 5 heteroatoms. The van der Waals surface area contributed by atoms with Crippen molar-refractivity contribution < 1.29 is 0 Å². The summed E-state index contributed by atoms with van der Waals surface area (Å²) in [7, 11) is 0. The Morgan fingerprint density at radius 3 is 2.61 bits per heavy atom. The number of nitrogens with zero attached hydrogens (tertiary/aromatic N) is 4. The summed E-state index contributed by atoms with van der Waals surface area (Å²) in [6.07, 6.45) is 15.0. The van der Waals surface area contributed by atoms with Crippen molar-refractivity contribution in [2.75, 3.05) is 45.8 Å². The van der Waals surface area contributed by atoms with E-state index in [1.165, 1.54) is 113 Å². The smallest absolute Gasteiger partial charge is 0.0897 e. The van der Waals surface area contributed by atoms with Gasteiger partial charge in [0.25, 0.3) is 0 Å². The quantitative estimate of drug-likeness (QED) is 0.641. The maximum atomic E-state index is 4.50. The molecule has 0 bridgehead atoms. The summed E-state index contributed by atoms with van der Waals surface area (Å²) in [5, 5.41) is 1.20. The molecule has 2 aliphatic heterocycles. The minimum atomic E-state index is 0.852. The minimum absolute atomic E-state index is 0.852. The van der Waals surface area contributed by atoms with Crippen LogP contribution in [0.1, 0.15) is 67.7 Å². The molecule has 28 heavy (non-hydrogen) atoms. The third-order valence-electron chi connectivity index (χ3n) is 7.14. The molecule has 1 aliphatic carbocycles. The van der Waals surface area contributed by atoms with Crippen LogP contribution < -0.4 is 0 Å². The lowest BCUT2D eigenvalue weighted by atomic mass is 9.95. The normalized spacial score (nSPS) is 25.7. The van der Waals surface area contributed by atoms with Gasteiger partial charge in [-0.25, -0.2) is 4.98 Å². The van der Waals surface area contributed by atoms with Crippen molar-refractivity contribution in [2.45, 2.75) is 77.3 Å². The highest BCUT2D eigenvalue weighted by molar-refractivity contribution is 7.11. The molecule has 0 radical (unpaired) electrons. The molecule has 0 unspecified atom stereocenters. The van der Waals surface area contributed by atoms with Gasteiger partial charge in [0.2, 0.25) is 0 Å². The Hall–Kier alpha value is -0.490. The maximum absolute atomic E-state index is 4.50. The average Bonchev–Trinajstić information content (AvgIpc) is 3.39. The summed E-state index contributed by atoms with van der Waals surface area (Å²) < 4.78 is 0. The van der Waals surface area contributed by atoms with Crippen LogP contribution in [-0.4, -0.2) is 71.5 Å². The zero-order valence-electron chi connectivity index (χ0n) is 17.9. The second-order valence-electron chi connectivity index (χ2n) is 9.42. The van der Waals surface area contributed by atoms with Gasteiger partial charge in [-0.05, 0) is 71.0 Å². The Morgan fingerprint density at radius 2 is 1.86 bits per heavy atom. The topological polar surface area (TPSA) is 22.6 Å². The third kappa shape index (κ3) is 6.01. The first kappa shape index (κ1) is 20.8. The van der Waals surface area contributed by atoms with Crippen molar-refractivity contribution in [1.29, 1.82) is 0 Å². The first-order chi connectivity index (χ1) is 13.8. The first-order valence-electron chi connectivity index (χ1n) is 11.9. The Morgan fingerprint density at radius 1 is 1.04 bits per heavy atom. The largest absolute Gasteiger partial charge is 0.302 e. The fourth-order valence-corrected chi connectivity index (χ4v) is 6.45. The second kappa shape index (κ2) is 10.5. The van der Waals surface area contributed by atoms with Crippen LogP contribution in [0.5, 0.6) is 0 Å². The van der Waals surface area contributed by atoms with Crippen molar-refractivity contribution in [2.24, 2.45) is 5.92 Å². The van der Waals surface area contributed by atoms with E-state index in [2.05, 4.69) is 32.8 Å². The van der Waals surface area contributed by atoms with Crippen LogP contribution in [0.15, 0.2) is 6.20 Å². The summed E-state index contributed by atoms with van der Waals surface area (Å²) in [5.74, 6) is 0.852. The molecule has 3 aliphatic rings. The summed E-state index contributed by atoms with van der Waals surface area (Å²) in [4.78, 5) is 14.2. The van der Waals surface area contributed by atoms with Gasteiger partial charge >= 0.3 is 0 Å². The second-order valence-corrected chi connectivity index (χ2v) is 10.7. The number of hydrogen-bond acceptors (Lipinski definition) is 5. The molecule has 3 fully saturated rings. The Balaban J connectivity index is 1.33. The number of aryl methyl sites for hydroxylation is 1. The Bertz CT molecular complexity index is 577. The number of rotatable bonds is 8. The van der Waals surface area contributed by atoms with Gasteiger partial charge in [-0.2, -0.15) is 0 Å². The lowest BCUT2D eigenvalue weighted by molar-refractivity contribution is 0.0915. The molecule has 0 aromatic carbocycles. The number of thiazole rings is 1. The van der Waals surface area contributed by atoms with E-state index in [9.17, 15) is 0 Å². The molecule has 0 spiro atoms. The van der Waals surface area contributed by atoms with E-state index in [1.807, 2.05) is 11.3 Å². The molecule has 1 aromatic heterocycles. The zero-order valence-corrected chi connectivity index (χ0v) is 18.8. The van der Waals surface area contributed by atoms with Crippen molar-refractivity contribution in [3.8, 4) is 0 Å². The Labute approximate surface area is 176 Å². The highest BCUT2D eigenvalue weighted by Gasteiger charge is 2.29. The van der Waals surface area contributed by atoms with Crippen molar-refractivity contribution >= 4 is 11.3 Å². The Kier molecular flexibility index (Phi) is 7.80. The highest BCUT2D eigenvalue weighted by atomic mass is 32.1. The molecule has 0 N–H and O–H groups in total. The molecular formula is C23H40N4S. The van der Waals surface area contributed by atoms with Crippen LogP contribution in [0.25, 0.3) is 0 Å². The van der Waals surface area contributed by atoms with Crippen LogP contribution in [0.2, 0.25) is 0 Å². The summed E-state index contributed by atoms with van der Waals surface area (Å²) >= 11 is 1.88. The van der Waals surface area contributed by atoms with E-state index < -0.39 is 0 Å². The molecule has 1 atom stereocenters. The van der Waals surface area contributed by atoms with Crippen molar-refractivity contribution in [3.05, 3.63) is 16.1 Å². The van der Waals surface area contributed by atoms with Gasteiger partial charge < -0.3 is 9.80 Å². The monoisotopic (exact) mass is 404 g/mol. The first-order valence-corrected chi connectivity index (χ1v) is 12.7. The van der Waals surface area contributed by atoms with E-state index in [0.717, 1.165) is 18.5 Å². The number of aromatic nitrogens is 1. The van der Waals surface area contributed by atoms with Crippen molar-refractivity contribution in [1.82, 2.24) is 19.7 Å². The van der Waals surface area contributed by atoms with E-state index >= 15 is 0 Å². The molecule has 1 saturated carbocycles. The number of likely N-dealkylation sites (tertiary alicyclic amines) is 2. The zero-order chi connectivity index (χ0) is 19.2. The molecule has 0 amide bonds. The van der Waals surface area contributed by atoms with E-state index in [0.29, 0.717) is 0 Å². The summed E-state index contributed by atoms with van der Waals surface area (Å²) in [6, 6.07) is 0.897. The molecule has 2 saturated heterocycles. The summed E-state index contributed by atoms with van der Waals surface area (Å²) in [6.45, 7) is 12.3. The molecule has 4 nitrogen and oxygen atoms in total. The number of hydrogen-bond donors (Lipinski definition) is 0. The average molecular weight is 405 g/mol. The van der Waals surface area contributed by atoms with Crippen LogP contribution in [-0.2, 0) is 6.54 Å². The summed E-state index contributed by atoms with van der Waals surface area (Å²) in [5.41, 5.74) is 0. The molecule has 158 valence electrons. The predicted molar refractivity (Wildman–Crippen MR) is 119 cm³/mol. The van der Waals surface area contributed by atoms with Gasteiger partial charge in [0.15, 0.2) is 0 Å². The van der Waals surface area contributed by atoms with E-state index in [4.69, 9.17) is 0 Å². The fraction of sp³-hybridized carbons (Fsp3) is 0.870. The lowest BCUT2D eigenvalue weighted by Crippen LogP contribution is -2.46. The van der Waals surface area contributed by atoms with Crippen LogP contribution in [0.3, 0.4) is 0 Å². The predicted octanol–water partition coefficient (Wildman–Crippen LogP) is 4.39. The highest BCUT2D eigenvalue weighted by Crippen LogP contribution is 2.28. The van der Waals surface area contributed by atoms with Crippen molar-refractivity contribution in [3.63, 3.8) is 0 Å². The molecular weight excluding hydrogens is 364 g/mol. The minimum Gasteiger partial charge on any atom is -0.302 e. The maximum Gasteiger partial charge on any atom is 0.0897 e. The SMILES string of the molecule is Cc1ncc(CN(CCN2CCCCC2)C[C@@H]2CCCN(C3CCCC3)C2)s1. The standard InChI is InChI=1S/C23H40N4S/c1-20-24-16-23(28-20)19-26(15-14-25-11-5-2-6-12-25)17-21-8-7-13-27(18-21)22-9-3-4-10-22/h16,21-22H,2-15,17-19H2,1H3/t21-/m0/s1. The molecule has 4 rings (SSSR count).